The Morgan fingerprint density at radius 3 is 2.09 bits per heavy atom. The number of phenols is 2. The average molecular weight is 686 g/mol. The number of allylic oxidation sites excluding steroid dienone is 2. The number of rotatable bonds is 4. The molecule has 3 aromatic rings. The van der Waals surface area contributed by atoms with Gasteiger partial charge in [-0.25, -0.2) is 4.98 Å². The largest absolute Gasteiger partial charge is 0.504 e. The van der Waals surface area contributed by atoms with Crippen molar-refractivity contribution in [3.8, 4) is 11.5 Å². The van der Waals surface area contributed by atoms with Gasteiger partial charge < -0.3 is 26.6 Å². The molecule has 2 heterocycles. The Morgan fingerprint density at radius 1 is 1.09 bits per heavy atom. The molecule has 0 bridgehead atoms. The van der Waals surface area contributed by atoms with Gasteiger partial charge in [-0.2, -0.15) is 13.2 Å². The van der Waals surface area contributed by atoms with E-state index >= 15 is 0 Å². The third-order valence-corrected chi connectivity index (χ3v) is 6.34. The number of aryl methyl sites for hydroxylation is 1. The highest BCUT2D eigenvalue weighted by Crippen LogP contribution is 2.38. The lowest BCUT2D eigenvalue weighted by Gasteiger charge is -2.20. The van der Waals surface area contributed by atoms with E-state index < -0.39 is 6.68 Å². The van der Waals surface area contributed by atoms with E-state index in [4.69, 9.17) is 28.1 Å². The summed E-state index contributed by atoms with van der Waals surface area (Å²) in [5.41, 5.74) is 14.8. The Bertz CT molecular complexity index is 1440. The van der Waals surface area contributed by atoms with Crippen molar-refractivity contribution in [1.82, 2.24) is 9.55 Å². The van der Waals surface area contributed by atoms with Crippen LogP contribution in [-0.2, 0) is 26.6 Å². The van der Waals surface area contributed by atoms with Gasteiger partial charge in [0.2, 0.25) is 5.95 Å². The van der Waals surface area contributed by atoms with Crippen LogP contribution in [0.1, 0.15) is 79.0 Å². The molecule has 8 nitrogen and oxygen atoms in total. The number of aromatic hydroxyl groups is 2. The minimum Gasteiger partial charge on any atom is -0.504 e. The fourth-order valence-electron chi connectivity index (χ4n) is 3.89. The fraction of sp³-hybridized carbons (Fsp3) is 0.429. The molecule has 4 rings (SSSR count). The summed E-state index contributed by atoms with van der Waals surface area (Å²) in [6.07, 6.45) is 5.89. The third-order valence-electron chi connectivity index (χ3n) is 6.12. The Morgan fingerprint density at radius 2 is 1.62 bits per heavy atom. The van der Waals surface area contributed by atoms with Crippen LogP contribution in [0.25, 0.3) is 10.9 Å². The first-order valence-electron chi connectivity index (χ1n) is 15.5. The molecule has 0 radical (unpaired) electrons. The molecule has 1 aliphatic heterocycles. The number of phenolic OH excluding ortho intramolecular Hbond substituents is 2. The average Bonchev–Trinajstić information content (AvgIpc) is 3.52. The normalized spacial score (nSPS) is 11.8. The van der Waals surface area contributed by atoms with Crippen LogP contribution < -0.4 is 21.9 Å². The van der Waals surface area contributed by atoms with Gasteiger partial charge in [0.1, 0.15) is 0 Å². The monoisotopic (exact) mass is 685 g/mol. The summed E-state index contributed by atoms with van der Waals surface area (Å²) in [7, 11) is 1.68. The van der Waals surface area contributed by atoms with Gasteiger partial charge in [-0.15, -0.1) is 13.2 Å². The van der Waals surface area contributed by atoms with Crippen LogP contribution in [0.5, 0.6) is 11.5 Å². The van der Waals surface area contributed by atoms with Crippen molar-refractivity contribution in [1.29, 1.82) is 0 Å². The molecule has 0 spiro atoms. The fourth-order valence-corrected chi connectivity index (χ4v) is 4.13. The quantitative estimate of drug-likeness (QED) is 0.123. The second-order valence-electron chi connectivity index (χ2n) is 8.85. The molecule has 0 saturated carbocycles. The van der Waals surface area contributed by atoms with Crippen molar-refractivity contribution < 1.29 is 23.4 Å². The van der Waals surface area contributed by atoms with Gasteiger partial charge in [-0.1, -0.05) is 77.8 Å². The lowest BCUT2D eigenvalue weighted by Crippen LogP contribution is -2.28. The van der Waals surface area contributed by atoms with Gasteiger partial charge in [-0.05, 0) is 61.9 Å². The van der Waals surface area contributed by atoms with Crippen molar-refractivity contribution in [2.45, 2.75) is 94.5 Å². The zero-order chi connectivity index (χ0) is 37.4. The predicted octanol–water partition coefficient (Wildman–Crippen LogP) is 8.89. The van der Waals surface area contributed by atoms with Gasteiger partial charge in [0, 0.05) is 30.2 Å². The highest BCUT2D eigenvalue weighted by Gasteiger charge is 2.27. The zero-order valence-corrected chi connectivity index (χ0v) is 30.3. The van der Waals surface area contributed by atoms with Crippen LogP contribution in [0.15, 0.2) is 66.1 Å². The van der Waals surface area contributed by atoms with Crippen LogP contribution >= 0.6 is 11.6 Å². The summed E-state index contributed by atoms with van der Waals surface area (Å²) < 4.78 is 30.5. The standard InChI is InChI=1S/C19H18ClN3O3.C7H14N2.3C2H6.C2H4.CHF3/c1-3-10-6-12(20)7-13-16(10)21-19(22(2)18(13)26)23-8-11-4-5-15(24)17(25)14(11)9-23;1-6(7(2)9)4-3-5-8;4*1-2;2-1(3)4/h4-7,24-25H,3,8-9H2,1-2H3;3-5,7H,8-9H2,1-2H3;3*1-2H3;1-2H2;1H/b;5-3-,6-4-;;;;;. The number of hydrogen-bond acceptors (Lipinski definition) is 7. The lowest BCUT2D eigenvalue weighted by molar-refractivity contribution is 0.00819. The van der Waals surface area contributed by atoms with Crippen molar-refractivity contribution in [3.05, 3.63) is 93.4 Å². The number of halogens is 4. The lowest BCUT2D eigenvalue weighted by atomic mass is 10.1. The molecule has 1 unspecified atom stereocenters. The number of aromatic nitrogens is 2. The van der Waals surface area contributed by atoms with Gasteiger partial charge >= 0.3 is 6.68 Å². The molecule has 0 amide bonds. The predicted molar refractivity (Wildman–Crippen MR) is 194 cm³/mol. The maximum Gasteiger partial charge on any atom is 0.379 e. The Hall–Kier alpha value is -3.96. The Balaban J connectivity index is -0.000000770. The number of fused-ring (bicyclic) bond motifs is 2. The molecule has 1 atom stereocenters. The molecule has 1 aliphatic rings. The van der Waals surface area contributed by atoms with E-state index in [0.717, 1.165) is 16.7 Å². The SMILES string of the molecule is C/C(=C/C=C\N)C(C)N.C=C.CC.CC.CC.CCc1cc(Cl)cc2c(=O)n(C)c(N3Cc4ccc(O)c(O)c4C3)nc12.FC(F)F. The second-order valence-corrected chi connectivity index (χ2v) is 9.29. The zero-order valence-electron chi connectivity index (χ0n) is 29.5. The van der Waals surface area contributed by atoms with E-state index in [0.29, 0.717) is 46.9 Å². The first kappa shape index (κ1) is 47.4. The summed E-state index contributed by atoms with van der Waals surface area (Å²) in [5.74, 6) is 0.264. The number of nitrogens with two attached hydrogens (primary N) is 2. The van der Waals surface area contributed by atoms with E-state index in [2.05, 4.69) is 13.2 Å². The Kier molecular flexibility index (Phi) is 26.4. The van der Waals surface area contributed by atoms with E-state index in [1.807, 2.05) is 79.4 Å². The van der Waals surface area contributed by atoms with E-state index in [9.17, 15) is 28.2 Å². The maximum absolute atomic E-state index is 12.9. The minimum absolute atomic E-state index is 0.114. The highest BCUT2D eigenvalue weighted by atomic mass is 35.5. The topological polar surface area (TPSA) is 131 Å². The maximum atomic E-state index is 12.9. The Labute approximate surface area is 283 Å². The molecule has 266 valence electrons. The molecule has 1 aromatic heterocycles. The van der Waals surface area contributed by atoms with Crippen LogP contribution in [0.2, 0.25) is 5.02 Å². The molecule has 6 N–H and O–H groups in total. The first-order valence-corrected chi connectivity index (χ1v) is 15.9. The van der Waals surface area contributed by atoms with Gasteiger partial charge in [0.15, 0.2) is 11.5 Å². The first-order chi connectivity index (χ1) is 22.3. The van der Waals surface area contributed by atoms with E-state index in [-0.39, 0.29) is 23.1 Å². The second kappa shape index (κ2) is 26.1. The summed E-state index contributed by atoms with van der Waals surface area (Å²) in [6, 6.07) is 6.87. The summed E-state index contributed by atoms with van der Waals surface area (Å²) in [4.78, 5) is 19.5. The van der Waals surface area contributed by atoms with Crippen LogP contribution in [0, 0.1) is 0 Å². The number of benzene rings is 2. The third kappa shape index (κ3) is 15.0. The minimum atomic E-state index is -3.67. The van der Waals surface area contributed by atoms with Gasteiger partial charge in [0.25, 0.3) is 5.56 Å². The molecule has 12 heteroatoms. The van der Waals surface area contributed by atoms with Crippen molar-refractivity contribution in [2.75, 3.05) is 4.90 Å². The smallest absolute Gasteiger partial charge is 0.379 e. The van der Waals surface area contributed by atoms with Crippen LogP contribution in [-0.4, -0.2) is 32.5 Å². The molecular weight excluding hydrogens is 631 g/mol. The van der Waals surface area contributed by atoms with Crippen LogP contribution in [0.3, 0.4) is 0 Å². The number of hydrogen-bond donors (Lipinski definition) is 4. The van der Waals surface area contributed by atoms with Gasteiger partial charge in [0.05, 0.1) is 17.4 Å². The summed E-state index contributed by atoms with van der Waals surface area (Å²) in [5, 5.41) is 20.9. The highest BCUT2D eigenvalue weighted by molar-refractivity contribution is 6.31. The number of alkyl halides is 3. The molecule has 2 aromatic carbocycles. The van der Waals surface area contributed by atoms with Crippen molar-refractivity contribution in [2.24, 2.45) is 18.5 Å². The summed E-state index contributed by atoms with van der Waals surface area (Å²) >= 11 is 6.15. The number of anilines is 1. The van der Waals surface area contributed by atoms with Crippen LogP contribution in [0.4, 0.5) is 19.1 Å². The molecular formula is C35H55ClF3N5O3. The number of nitrogens with zero attached hydrogens (tertiary/aromatic N) is 3. The van der Waals surface area contributed by atoms with Crippen molar-refractivity contribution in [3.63, 3.8) is 0 Å². The van der Waals surface area contributed by atoms with E-state index in [1.165, 1.54) is 16.8 Å². The van der Waals surface area contributed by atoms with E-state index in [1.54, 1.807) is 25.3 Å². The molecule has 0 saturated heterocycles. The molecule has 47 heavy (non-hydrogen) atoms. The molecule has 0 fully saturated rings. The molecule has 0 aliphatic carbocycles. The summed E-state index contributed by atoms with van der Waals surface area (Å²) in [6.45, 7) is 21.1. The van der Waals surface area contributed by atoms with Gasteiger partial charge in [-0.3, -0.25) is 9.36 Å². The van der Waals surface area contributed by atoms with Crippen molar-refractivity contribution >= 4 is 28.5 Å².